The maximum absolute atomic E-state index is 9.52. The van der Waals surface area contributed by atoms with Crippen LogP contribution in [0.3, 0.4) is 0 Å². The van der Waals surface area contributed by atoms with Crippen LogP contribution in [0.1, 0.15) is 12.8 Å². The molecule has 0 aliphatic rings. The Morgan fingerprint density at radius 2 is 1.15 bits per heavy atom. The minimum Gasteiger partial charge on any atom is -0.481 e. The summed E-state index contributed by atoms with van der Waals surface area (Å²) in [6, 6.07) is 0. The molecule has 0 aromatic carbocycles. The van der Waals surface area contributed by atoms with Crippen LogP contribution in [0, 0.1) is 0 Å². The van der Waals surface area contributed by atoms with E-state index in [-0.39, 0.29) is 63.7 Å². The summed E-state index contributed by atoms with van der Waals surface area (Å²) in [5, 5.41) is 15.7. The summed E-state index contributed by atoms with van der Waals surface area (Å²) < 4.78 is 0. The van der Waals surface area contributed by atoms with Crippen LogP contribution < -0.4 is 11.5 Å². The summed E-state index contributed by atoms with van der Waals surface area (Å²) in [6.45, 7) is 0.463. The molecule has 0 aromatic rings. The maximum Gasteiger partial charge on any atom is 0.304 e. The van der Waals surface area contributed by atoms with Gasteiger partial charge in [0.05, 0.1) is 12.8 Å². The second-order valence-electron chi connectivity index (χ2n) is 1.86. The number of carboxylic acid groups (broad SMARTS) is 2. The van der Waals surface area contributed by atoms with E-state index in [9.17, 15) is 9.59 Å². The zero-order valence-corrected chi connectivity index (χ0v) is 9.61. The van der Waals surface area contributed by atoms with Gasteiger partial charge in [0.2, 0.25) is 0 Å². The number of nitrogens with two attached hydrogens (primary N) is 2. The second-order valence-corrected chi connectivity index (χ2v) is 1.86. The fourth-order valence-corrected chi connectivity index (χ4v) is 0.247. The zero-order valence-electron chi connectivity index (χ0n) is 7.40. The van der Waals surface area contributed by atoms with E-state index in [1.807, 2.05) is 0 Å². The quantitative estimate of drug-likeness (QED) is 0.423. The van der Waals surface area contributed by atoms with Crippen LogP contribution in [-0.2, 0) is 9.59 Å². The summed E-state index contributed by atoms with van der Waals surface area (Å²) in [5.41, 5.74) is 9.70. The van der Waals surface area contributed by atoms with Crippen molar-refractivity contribution in [3.05, 3.63) is 0 Å². The van der Waals surface area contributed by atoms with Gasteiger partial charge < -0.3 is 21.7 Å². The average molecular weight is 218 g/mol. The Hall–Kier alpha value is 0.120. The first-order valence-corrected chi connectivity index (χ1v) is 3.38. The smallest absolute Gasteiger partial charge is 0.304 e. The van der Waals surface area contributed by atoms with Gasteiger partial charge >= 0.3 is 11.9 Å². The fourth-order valence-electron chi connectivity index (χ4n) is 0.247. The van der Waals surface area contributed by atoms with Gasteiger partial charge in [-0.3, -0.25) is 9.59 Å². The number of carbonyl (C=O) groups is 2. The third-order valence-electron chi connectivity index (χ3n) is 0.716. The van der Waals surface area contributed by atoms with Gasteiger partial charge in [-0.15, -0.1) is 0 Å². The minimum atomic E-state index is -0.836. The normalized spacial score (nSPS) is 7.54. The third-order valence-corrected chi connectivity index (χ3v) is 0.716. The molecule has 0 unspecified atom stereocenters. The van der Waals surface area contributed by atoms with Crippen molar-refractivity contribution in [1.29, 1.82) is 0 Å². The van der Waals surface area contributed by atoms with Crippen LogP contribution in [0.25, 0.3) is 0 Å². The van der Waals surface area contributed by atoms with Gasteiger partial charge in [0.25, 0.3) is 0 Å². The van der Waals surface area contributed by atoms with Crippen LogP contribution in [0.5, 0.6) is 0 Å². The molecule has 0 aliphatic heterocycles. The number of aliphatic carboxylic acids is 2. The fraction of sp³-hybridized carbons (Fsp3) is 0.667. The van der Waals surface area contributed by atoms with E-state index in [0.29, 0.717) is 0 Å². The van der Waals surface area contributed by atoms with Crippen molar-refractivity contribution < 1.29 is 19.8 Å². The first-order chi connectivity index (χ1) is 5.54. The average Bonchev–Trinajstić information content (AvgIpc) is 1.87. The Labute approximate surface area is 106 Å². The molecule has 74 valence electrons. The zero-order chi connectivity index (χ0) is 9.98. The molecule has 7 heteroatoms. The molecule has 0 aliphatic carbocycles. The first kappa shape index (κ1) is 18.8. The first-order valence-electron chi connectivity index (χ1n) is 3.38. The van der Waals surface area contributed by atoms with Gasteiger partial charge in [-0.05, 0) is 0 Å². The molecule has 0 bridgehead atoms. The molecule has 6 N–H and O–H groups in total. The Kier molecular flexibility index (Phi) is 21.2. The molecular weight excluding hydrogens is 204 g/mol. The number of hydrogen-bond donors (Lipinski definition) is 4. The molecular formula is C6H14CaN2O4. The van der Waals surface area contributed by atoms with Crippen molar-refractivity contribution in [3.63, 3.8) is 0 Å². The molecule has 0 atom stereocenters. The van der Waals surface area contributed by atoms with Gasteiger partial charge in [-0.1, -0.05) is 0 Å². The monoisotopic (exact) mass is 218 g/mol. The summed E-state index contributed by atoms with van der Waals surface area (Å²) in [5.74, 6) is -1.67. The molecule has 0 saturated heterocycles. The minimum absolute atomic E-state index is 0. The predicted octanol–water partition coefficient (Wildman–Crippen LogP) is -1.54. The molecule has 6 nitrogen and oxygen atoms in total. The van der Waals surface area contributed by atoms with Crippen molar-refractivity contribution >= 4 is 49.7 Å². The molecule has 13 heavy (non-hydrogen) atoms. The van der Waals surface area contributed by atoms with Crippen LogP contribution >= 0.6 is 0 Å². The van der Waals surface area contributed by atoms with Gasteiger partial charge in [-0.2, -0.15) is 0 Å². The molecule has 0 aromatic heterocycles. The standard InChI is InChI=1S/2C3H7NO2.Ca/c2*4-2-1-3(5)6;/h2*1-2,4H2,(H,5,6);. The number of rotatable bonds is 4. The molecule has 0 rings (SSSR count). The van der Waals surface area contributed by atoms with Crippen molar-refractivity contribution in [1.82, 2.24) is 0 Å². The Balaban J connectivity index is -0.000000143. The summed E-state index contributed by atoms with van der Waals surface area (Å²) in [6.07, 6.45) is 0.139. The van der Waals surface area contributed by atoms with E-state index in [2.05, 4.69) is 0 Å². The summed E-state index contributed by atoms with van der Waals surface area (Å²) in [4.78, 5) is 19.0. The molecule has 2 radical (unpaired) electrons. The number of carboxylic acids is 2. The Morgan fingerprint density at radius 3 is 1.15 bits per heavy atom. The maximum atomic E-state index is 9.52. The molecule has 0 amide bonds. The summed E-state index contributed by atoms with van der Waals surface area (Å²) in [7, 11) is 0. The molecule has 0 heterocycles. The Bertz CT molecular complexity index is 127. The van der Waals surface area contributed by atoms with E-state index >= 15 is 0 Å². The van der Waals surface area contributed by atoms with E-state index in [4.69, 9.17) is 21.7 Å². The van der Waals surface area contributed by atoms with E-state index in [1.165, 1.54) is 0 Å². The van der Waals surface area contributed by atoms with Gasteiger partial charge in [0.1, 0.15) is 0 Å². The van der Waals surface area contributed by atoms with Gasteiger partial charge in [-0.25, -0.2) is 0 Å². The van der Waals surface area contributed by atoms with E-state index < -0.39 is 11.9 Å². The van der Waals surface area contributed by atoms with E-state index in [1.54, 1.807) is 0 Å². The second kappa shape index (κ2) is 14.6. The largest absolute Gasteiger partial charge is 0.481 e. The van der Waals surface area contributed by atoms with Gasteiger partial charge in [0, 0.05) is 50.8 Å². The Morgan fingerprint density at radius 1 is 0.923 bits per heavy atom. The van der Waals surface area contributed by atoms with Crippen molar-refractivity contribution in [2.45, 2.75) is 12.8 Å². The van der Waals surface area contributed by atoms with Crippen LogP contribution in [0.2, 0.25) is 0 Å². The van der Waals surface area contributed by atoms with Crippen LogP contribution in [-0.4, -0.2) is 73.0 Å². The molecule has 0 fully saturated rings. The predicted molar refractivity (Wildman–Crippen MR) is 48.4 cm³/mol. The number of hydrogen-bond acceptors (Lipinski definition) is 4. The SMILES string of the molecule is NCCC(=O)O.NCCC(=O)O.[Ca]. The van der Waals surface area contributed by atoms with E-state index in [0.717, 1.165) is 0 Å². The van der Waals surface area contributed by atoms with Crippen LogP contribution in [0.15, 0.2) is 0 Å². The van der Waals surface area contributed by atoms with Crippen molar-refractivity contribution in [3.8, 4) is 0 Å². The molecule has 0 spiro atoms. The summed E-state index contributed by atoms with van der Waals surface area (Å²) >= 11 is 0. The van der Waals surface area contributed by atoms with Crippen molar-refractivity contribution in [2.75, 3.05) is 13.1 Å². The topological polar surface area (TPSA) is 127 Å². The van der Waals surface area contributed by atoms with Crippen LogP contribution in [0.4, 0.5) is 0 Å². The van der Waals surface area contributed by atoms with Gasteiger partial charge in [0.15, 0.2) is 0 Å². The van der Waals surface area contributed by atoms with Crippen molar-refractivity contribution in [2.24, 2.45) is 11.5 Å². The molecule has 0 saturated carbocycles. The third kappa shape index (κ3) is 33.1.